The molecular formula is C15H16O4S. The highest BCUT2D eigenvalue weighted by Crippen LogP contribution is 2.30. The van der Waals surface area contributed by atoms with E-state index in [-0.39, 0.29) is 11.7 Å². The first-order chi connectivity index (χ1) is 9.49. The molecule has 0 saturated heterocycles. The maximum atomic E-state index is 11.1. The number of aliphatic hydroxyl groups is 1. The van der Waals surface area contributed by atoms with Crippen molar-refractivity contribution in [3.63, 3.8) is 0 Å². The van der Waals surface area contributed by atoms with Crippen LogP contribution < -0.4 is 4.74 Å². The SMILES string of the molecule is CC(C)Oc1ccc(C(O)c2sccc2C(=O)O)cc1. The molecule has 2 N–H and O–H groups in total. The van der Waals surface area contributed by atoms with Crippen LogP contribution in [0.4, 0.5) is 0 Å². The van der Waals surface area contributed by atoms with Crippen molar-refractivity contribution in [3.8, 4) is 5.75 Å². The summed E-state index contributed by atoms with van der Waals surface area (Å²) in [5.41, 5.74) is 0.788. The molecule has 0 bridgehead atoms. The molecule has 0 fully saturated rings. The van der Waals surface area contributed by atoms with Gasteiger partial charge in [0, 0.05) is 0 Å². The molecule has 2 aromatic rings. The predicted octanol–water partition coefficient (Wildman–Crippen LogP) is 3.32. The fourth-order valence-electron chi connectivity index (χ4n) is 1.86. The van der Waals surface area contributed by atoms with E-state index in [2.05, 4.69) is 0 Å². The van der Waals surface area contributed by atoms with Gasteiger partial charge in [0.25, 0.3) is 0 Å². The molecule has 1 unspecified atom stereocenters. The van der Waals surface area contributed by atoms with Gasteiger partial charge in [-0.3, -0.25) is 0 Å². The largest absolute Gasteiger partial charge is 0.491 e. The maximum Gasteiger partial charge on any atom is 0.336 e. The van der Waals surface area contributed by atoms with Gasteiger partial charge in [-0.25, -0.2) is 4.79 Å². The second-order valence-corrected chi connectivity index (χ2v) is 5.59. The monoisotopic (exact) mass is 292 g/mol. The Labute approximate surface area is 121 Å². The van der Waals surface area contributed by atoms with Gasteiger partial charge in [0.15, 0.2) is 0 Å². The Bertz CT molecular complexity index is 586. The molecule has 0 saturated carbocycles. The van der Waals surface area contributed by atoms with Gasteiger partial charge in [0.1, 0.15) is 11.9 Å². The first-order valence-electron chi connectivity index (χ1n) is 6.24. The van der Waals surface area contributed by atoms with Crippen LogP contribution in [0.15, 0.2) is 35.7 Å². The van der Waals surface area contributed by atoms with Crippen LogP contribution in [-0.2, 0) is 0 Å². The van der Waals surface area contributed by atoms with Crippen molar-refractivity contribution in [2.75, 3.05) is 0 Å². The molecule has 1 atom stereocenters. The molecule has 1 aromatic carbocycles. The number of ether oxygens (including phenoxy) is 1. The van der Waals surface area contributed by atoms with Gasteiger partial charge in [0.05, 0.1) is 16.5 Å². The van der Waals surface area contributed by atoms with E-state index < -0.39 is 12.1 Å². The summed E-state index contributed by atoms with van der Waals surface area (Å²) in [6, 6.07) is 8.53. The van der Waals surface area contributed by atoms with Crippen molar-refractivity contribution >= 4 is 17.3 Å². The lowest BCUT2D eigenvalue weighted by Crippen LogP contribution is -2.06. The van der Waals surface area contributed by atoms with Crippen molar-refractivity contribution in [2.45, 2.75) is 26.1 Å². The zero-order valence-corrected chi connectivity index (χ0v) is 12.1. The first-order valence-corrected chi connectivity index (χ1v) is 7.12. The van der Waals surface area contributed by atoms with Crippen molar-refractivity contribution in [2.24, 2.45) is 0 Å². The van der Waals surface area contributed by atoms with Gasteiger partial charge in [-0.05, 0) is 43.0 Å². The number of hydrogen-bond donors (Lipinski definition) is 2. The van der Waals surface area contributed by atoms with Gasteiger partial charge in [-0.1, -0.05) is 12.1 Å². The van der Waals surface area contributed by atoms with Crippen LogP contribution in [0.5, 0.6) is 5.75 Å². The van der Waals surface area contributed by atoms with E-state index in [1.807, 2.05) is 13.8 Å². The second-order valence-electron chi connectivity index (χ2n) is 4.64. The molecule has 5 heteroatoms. The third-order valence-electron chi connectivity index (χ3n) is 2.74. The van der Waals surface area contributed by atoms with Crippen molar-refractivity contribution in [3.05, 3.63) is 51.7 Å². The van der Waals surface area contributed by atoms with E-state index in [1.54, 1.807) is 29.6 Å². The summed E-state index contributed by atoms with van der Waals surface area (Å²) >= 11 is 1.23. The lowest BCUT2D eigenvalue weighted by Gasteiger charge is -2.13. The summed E-state index contributed by atoms with van der Waals surface area (Å²) in [4.78, 5) is 11.5. The van der Waals surface area contributed by atoms with Crippen LogP contribution in [0.3, 0.4) is 0 Å². The molecule has 1 heterocycles. The molecule has 0 aliphatic carbocycles. The summed E-state index contributed by atoms with van der Waals surface area (Å²) in [7, 11) is 0. The van der Waals surface area contributed by atoms with Crippen LogP contribution >= 0.6 is 11.3 Å². The van der Waals surface area contributed by atoms with E-state index in [0.29, 0.717) is 10.4 Å². The van der Waals surface area contributed by atoms with Gasteiger partial charge in [-0.2, -0.15) is 0 Å². The highest BCUT2D eigenvalue weighted by Gasteiger charge is 2.20. The van der Waals surface area contributed by atoms with E-state index in [0.717, 1.165) is 5.75 Å². The van der Waals surface area contributed by atoms with Crippen LogP contribution in [0.2, 0.25) is 0 Å². The summed E-state index contributed by atoms with van der Waals surface area (Å²) in [6.07, 6.45) is -0.851. The van der Waals surface area contributed by atoms with Gasteiger partial charge < -0.3 is 14.9 Å². The molecule has 0 amide bonds. The number of carboxylic acids is 1. The number of carbonyl (C=O) groups is 1. The van der Waals surface area contributed by atoms with Crippen LogP contribution in [0.1, 0.15) is 40.8 Å². The van der Waals surface area contributed by atoms with Crippen LogP contribution in [0, 0.1) is 0 Å². The minimum Gasteiger partial charge on any atom is -0.491 e. The summed E-state index contributed by atoms with van der Waals surface area (Å²) in [6.45, 7) is 3.88. The van der Waals surface area contributed by atoms with Crippen molar-refractivity contribution in [1.29, 1.82) is 0 Å². The fourth-order valence-corrected chi connectivity index (χ4v) is 2.76. The number of aromatic carboxylic acids is 1. The fraction of sp³-hybridized carbons (Fsp3) is 0.267. The minimum atomic E-state index is -1.03. The zero-order valence-electron chi connectivity index (χ0n) is 11.2. The predicted molar refractivity (Wildman–Crippen MR) is 77.5 cm³/mol. The van der Waals surface area contributed by atoms with Gasteiger partial charge >= 0.3 is 5.97 Å². The summed E-state index contributed by atoms with van der Waals surface area (Å²) in [5.74, 6) is -0.305. The van der Waals surface area contributed by atoms with Crippen molar-refractivity contribution < 1.29 is 19.7 Å². The Morgan fingerprint density at radius 1 is 1.20 bits per heavy atom. The molecule has 4 nitrogen and oxygen atoms in total. The minimum absolute atomic E-state index is 0.0849. The second kappa shape index (κ2) is 6.07. The van der Waals surface area contributed by atoms with Crippen LogP contribution in [0.25, 0.3) is 0 Å². The topological polar surface area (TPSA) is 66.8 Å². The third kappa shape index (κ3) is 3.18. The van der Waals surface area contributed by atoms with Crippen molar-refractivity contribution in [1.82, 2.24) is 0 Å². The standard InChI is InChI=1S/C15H16O4S/c1-9(2)19-11-5-3-10(4-6-11)13(16)14-12(15(17)18)7-8-20-14/h3-9,13,16H,1-2H3,(H,17,18). The normalized spacial score (nSPS) is 12.4. The molecule has 106 valence electrons. The lowest BCUT2D eigenvalue weighted by atomic mass is 10.1. The van der Waals surface area contributed by atoms with E-state index in [4.69, 9.17) is 9.84 Å². The molecule has 0 aliphatic heterocycles. The van der Waals surface area contributed by atoms with E-state index >= 15 is 0 Å². The number of hydrogen-bond acceptors (Lipinski definition) is 4. The Morgan fingerprint density at radius 3 is 2.40 bits per heavy atom. The third-order valence-corrected chi connectivity index (χ3v) is 3.71. The molecule has 1 aromatic heterocycles. The molecular weight excluding hydrogens is 276 g/mol. The number of benzene rings is 1. The molecule has 0 spiro atoms. The maximum absolute atomic E-state index is 11.1. The Morgan fingerprint density at radius 2 is 1.85 bits per heavy atom. The molecule has 2 rings (SSSR count). The number of carboxylic acid groups (broad SMARTS) is 1. The first kappa shape index (κ1) is 14.6. The highest BCUT2D eigenvalue weighted by atomic mass is 32.1. The number of aliphatic hydroxyl groups excluding tert-OH is 1. The average molecular weight is 292 g/mol. The average Bonchev–Trinajstić information content (AvgIpc) is 2.87. The molecule has 0 radical (unpaired) electrons. The molecule has 20 heavy (non-hydrogen) atoms. The van der Waals surface area contributed by atoms with Gasteiger partial charge in [0.2, 0.25) is 0 Å². The van der Waals surface area contributed by atoms with Gasteiger partial charge in [-0.15, -0.1) is 11.3 Å². The van der Waals surface area contributed by atoms with Crippen LogP contribution in [-0.4, -0.2) is 22.3 Å². The number of rotatable bonds is 5. The lowest BCUT2D eigenvalue weighted by molar-refractivity contribution is 0.0692. The molecule has 0 aliphatic rings. The van der Waals surface area contributed by atoms with E-state index in [9.17, 15) is 9.90 Å². The summed E-state index contributed by atoms with van der Waals surface area (Å²) < 4.78 is 5.53. The smallest absolute Gasteiger partial charge is 0.336 e. The Hall–Kier alpha value is -1.85. The summed E-state index contributed by atoms with van der Waals surface area (Å²) in [5, 5.41) is 21.0. The van der Waals surface area contributed by atoms with E-state index in [1.165, 1.54) is 17.4 Å². The zero-order chi connectivity index (χ0) is 14.7. The highest BCUT2D eigenvalue weighted by molar-refractivity contribution is 7.10. The number of thiophene rings is 1. The Kier molecular flexibility index (Phi) is 4.42. The quantitative estimate of drug-likeness (QED) is 0.887. The Balaban J connectivity index is 2.22.